The lowest BCUT2D eigenvalue weighted by molar-refractivity contribution is 0.345. The van der Waals surface area contributed by atoms with Gasteiger partial charge < -0.3 is 9.66 Å². The Hall–Kier alpha value is -1.15. The van der Waals surface area contributed by atoms with Crippen LogP contribution in [-0.2, 0) is 11.1 Å². The summed E-state index contributed by atoms with van der Waals surface area (Å²) >= 11 is -3.15. The van der Waals surface area contributed by atoms with Gasteiger partial charge in [0.1, 0.15) is 0 Å². The van der Waals surface area contributed by atoms with Crippen LogP contribution in [0.15, 0.2) is 4.90 Å². The standard InChI is InChI=1S/C6H2F4O3S/c7-1-2(8)4(10)6(14(12)13)5(11)3(1)9/h11H,(H,12,13). The number of hydrogen-bond donors (Lipinski definition) is 2. The van der Waals surface area contributed by atoms with E-state index in [1.54, 1.807) is 0 Å². The lowest BCUT2D eigenvalue weighted by Crippen LogP contribution is -2.04. The third-order valence-electron chi connectivity index (χ3n) is 1.38. The second-order valence-corrected chi connectivity index (χ2v) is 3.09. The molecular formula is C6H2F4O3S. The summed E-state index contributed by atoms with van der Waals surface area (Å²) in [6.07, 6.45) is 0. The van der Waals surface area contributed by atoms with Crippen LogP contribution in [0.3, 0.4) is 0 Å². The Morgan fingerprint density at radius 2 is 1.36 bits per heavy atom. The topological polar surface area (TPSA) is 57.5 Å². The molecule has 0 heterocycles. The first-order valence-corrected chi connectivity index (χ1v) is 4.14. The summed E-state index contributed by atoms with van der Waals surface area (Å²) in [5.41, 5.74) is 0. The van der Waals surface area contributed by atoms with E-state index in [4.69, 9.17) is 9.66 Å². The first-order valence-electron chi connectivity index (χ1n) is 3.03. The third-order valence-corrected chi connectivity index (χ3v) is 2.10. The molecule has 1 rings (SSSR count). The van der Waals surface area contributed by atoms with Crippen molar-refractivity contribution in [3.05, 3.63) is 23.3 Å². The molecule has 0 aliphatic heterocycles. The van der Waals surface area contributed by atoms with E-state index in [2.05, 4.69) is 0 Å². The summed E-state index contributed by atoms with van der Waals surface area (Å²) in [7, 11) is 0. The zero-order chi connectivity index (χ0) is 11.0. The number of hydrogen-bond acceptors (Lipinski definition) is 2. The van der Waals surface area contributed by atoms with Gasteiger partial charge in [-0.25, -0.2) is 17.4 Å². The van der Waals surface area contributed by atoms with Gasteiger partial charge in [-0.2, -0.15) is 4.39 Å². The van der Waals surface area contributed by atoms with Gasteiger partial charge in [0.05, 0.1) is 0 Å². The van der Waals surface area contributed by atoms with Gasteiger partial charge in [-0.15, -0.1) is 0 Å². The van der Waals surface area contributed by atoms with Crippen LogP contribution in [-0.4, -0.2) is 13.9 Å². The van der Waals surface area contributed by atoms with Crippen LogP contribution < -0.4 is 0 Å². The molecule has 0 saturated carbocycles. The summed E-state index contributed by atoms with van der Waals surface area (Å²) in [4.78, 5) is -1.53. The van der Waals surface area contributed by atoms with Crippen LogP contribution in [0.5, 0.6) is 5.75 Å². The van der Waals surface area contributed by atoms with E-state index in [-0.39, 0.29) is 0 Å². The highest BCUT2D eigenvalue weighted by Gasteiger charge is 2.27. The zero-order valence-corrected chi connectivity index (χ0v) is 7.04. The molecule has 2 N–H and O–H groups in total. The van der Waals surface area contributed by atoms with E-state index in [1.165, 1.54) is 0 Å². The predicted molar refractivity (Wildman–Crippen MR) is 37.0 cm³/mol. The van der Waals surface area contributed by atoms with Crippen LogP contribution in [0.2, 0.25) is 0 Å². The molecule has 1 aromatic rings. The molecule has 1 atom stereocenters. The minimum atomic E-state index is -3.15. The van der Waals surface area contributed by atoms with E-state index in [0.717, 1.165) is 0 Å². The maximum atomic E-state index is 12.7. The van der Waals surface area contributed by atoms with Crippen LogP contribution in [0.4, 0.5) is 17.6 Å². The largest absolute Gasteiger partial charge is 0.504 e. The van der Waals surface area contributed by atoms with Crippen molar-refractivity contribution in [3.63, 3.8) is 0 Å². The first kappa shape index (κ1) is 10.9. The van der Waals surface area contributed by atoms with Gasteiger partial charge >= 0.3 is 0 Å². The Bertz CT molecular complexity index is 391. The van der Waals surface area contributed by atoms with E-state index < -0.39 is 45.0 Å². The van der Waals surface area contributed by atoms with E-state index in [1.807, 2.05) is 0 Å². The van der Waals surface area contributed by atoms with Gasteiger partial charge in [0.15, 0.2) is 33.4 Å². The second kappa shape index (κ2) is 3.54. The number of phenols is 1. The molecule has 0 radical (unpaired) electrons. The minimum Gasteiger partial charge on any atom is -0.504 e. The Morgan fingerprint density at radius 3 is 1.79 bits per heavy atom. The number of rotatable bonds is 1. The lowest BCUT2D eigenvalue weighted by atomic mass is 10.3. The Labute approximate surface area is 77.3 Å². The average Bonchev–Trinajstić information content (AvgIpc) is 2.11. The van der Waals surface area contributed by atoms with E-state index >= 15 is 0 Å². The number of benzene rings is 1. The molecular weight excluding hydrogens is 228 g/mol. The Morgan fingerprint density at radius 1 is 0.929 bits per heavy atom. The normalized spacial score (nSPS) is 12.9. The Balaban J connectivity index is 3.68. The molecule has 0 spiro atoms. The molecule has 8 heteroatoms. The molecule has 0 fully saturated rings. The van der Waals surface area contributed by atoms with Gasteiger partial charge in [-0.05, 0) is 0 Å². The fourth-order valence-electron chi connectivity index (χ4n) is 0.759. The summed E-state index contributed by atoms with van der Waals surface area (Å²) in [5, 5.41) is 8.68. The molecule has 0 aromatic heterocycles. The van der Waals surface area contributed by atoms with Crippen LogP contribution in [0.25, 0.3) is 0 Å². The summed E-state index contributed by atoms with van der Waals surface area (Å²) in [6.45, 7) is 0. The summed E-state index contributed by atoms with van der Waals surface area (Å²) in [6, 6.07) is 0. The Kier molecular flexibility index (Phi) is 2.76. The van der Waals surface area contributed by atoms with Crippen LogP contribution in [0, 0.1) is 23.3 Å². The number of aromatic hydroxyl groups is 1. The molecule has 3 nitrogen and oxygen atoms in total. The summed E-state index contributed by atoms with van der Waals surface area (Å²) in [5.74, 6) is -10.4. The quantitative estimate of drug-likeness (QED) is 0.333. The predicted octanol–water partition coefficient (Wildman–Crippen LogP) is 1.53. The average molecular weight is 230 g/mol. The summed E-state index contributed by atoms with van der Waals surface area (Å²) < 4.78 is 68.6. The molecule has 1 aromatic carbocycles. The van der Waals surface area contributed by atoms with E-state index in [9.17, 15) is 21.8 Å². The van der Waals surface area contributed by atoms with Crippen LogP contribution >= 0.6 is 0 Å². The van der Waals surface area contributed by atoms with Gasteiger partial charge in [-0.3, -0.25) is 0 Å². The highest BCUT2D eigenvalue weighted by Crippen LogP contribution is 2.31. The second-order valence-electron chi connectivity index (χ2n) is 2.18. The fourth-order valence-corrected chi connectivity index (χ4v) is 1.26. The maximum absolute atomic E-state index is 12.7. The molecule has 0 aliphatic carbocycles. The van der Waals surface area contributed by atoms with Crippen molar-refractivity contribution in [3.8, 4) is 5.75 Å². The molecule has 0 bridgehead atoms. The van der Waals surface area contributed by atoms with Crippen molar-refractivity contribution in [1.82, 2.24) is 0 Å². The third kappa shape index (κ3) is 1.46. The van der Waals surface area contributed by atoms with E-state index in [0.29, 0.717) is 0 Å². The van der Waals surface area contributed by atoms with Crippen molar-refractivity contribution >= 4 is 11.1 Å². The monoisotopic (exact) mass is 230 g/mol. The molecule has 0 amide bonds. The number of halogens is 4. The van der Waals surface area contributed by atoms with Crippen molar-refractivity contribution in [2.24, 2.45) is 0 Å². The molecule has 78 valence electrons. The van der Waals surface area contributed by atoms with Crippen molar-refractivity contribution in [1.29, 1.82) is 0 Å². The first-order chi connectivity index (χ1) is 6.37. The SMILES string of the molecule is O=S(O)c1c(O)c(F)c(F)c(F)c1F. The highest BCUT2D eigenvalue weighted by molar-refractivity contribution is 7.79. The molecule has 0 aliphatic rings. The molecule has 0 saturated heterocycles. The maximum Gasteiger partial charge on any atom is 0.205 e. The number of phenolic OH excluding ortho intramolecular Hbond substituents is 1. The minimum absolute atomic E-state index is 1.53. The van der Waals surface area contributed by atoms with Gasteiger partial charge in [0.2, 0.25) is 11.6 Å². The molecule has 1 unspecified atom stereocenters. The molecule has 14 heavy (non-hydrogen) atoms. The van der Waals surface area contributed by atoms with Gasteiger partial charge in [0, 0.05) is 0 Å². The van der Waals surface area contributed by atoms with Gasteiger partial charge in [0.25, 0.3) is 0 Å². The van der Waals surface area contributed by atoms with Crippen molar-refractivity contribution in [2.75, 3.05) is 0 Å². The fraction of sp³-hybridized carbons (Fsp3) is 0. The lowest BCUT2D eigenvalue weighted by Gasteiger charge is -2.04. The highest BCUT2D eigenvalue weighted by atomic mass is 32.2. The van der Waals surface area contributed by atoms with Crippen molar-refractivity contribution in [2.45, 2.75) is 4.90 Å². The zero-order valence-electron chi connectivity index (χ0n) is 6.22. The van der Waals surface area contributed by atoms with Crippen molar-refractivity contribution < 1.29 is 31.4 Å². The smallest absolute Gasteiger partial charge is 0.205 e. The van der Waals surface area contributed by atoms with Crippen LogP contribution in [0.1, 0.15) is 0 Å². The van der Waals surface area contributed by atoms with Gasteiger partial charge in [-0.1, -0.05) is 0 Å².